The van der Waals surface area contributed by atoms with E-state index < -0.39 is 40.4 Å². The van der Waals surface area contributed by atoms with Gasteiger partial charge < -0.3 is 0 Å². The zero-order valence-electron chi connectivity index (χ0n) is 13.3. The molecule has 0 aliphatic rings. The van der Waals surface area contributed by atoms with E-state index in [2.05, 4.69) is 0 Å². The van der Waals surface area contributed by atoms with Crippen molar-refractivity contribution in [1.82, 2.24) is 0 Å². The van der Waals surface area contributed by atoms with Crippen molar-refractivity contribution in [2.45, 2.75) is 18.5 Å². The van der Waals surface area contributed by atoms with Gasteiger partial charge in [-0.05, 0) is 24.6 Å². The van der Waals surface area contributed by atoms with Crippen molar-refractivity contribution in [2.75, 3.05) is 6.54 Å². The Morgan fingerprint density at radius 3 is 2.16 bits per heavy atom. The van der Waals surface area contributed by atoms with Gasteiger partial charge in [0.05, 0.1) is 5.92 Å². The Morgan fingerprint density at radius 2 is 1.68 bits per heavy atom. The first-order valence-electron chi connectivity index (χ1n) is 7.44. The van der Waals surface area contributed by atoms with E-state index in [1.807, 2.05) is 0 Å². The Kier molecular flexibility index (Phi) is 5.36. The number of halogens is 2. The summed E-state index contributed by atoms with van der Waals surface area (Å²) in [4.78, 5) is 34.9. The van der Waals surface area contributed by atoms with E-state index >= 15 is 4.39 Å². The Hall–Kier alpha value is -2.96. The van der Waals surface area contributed by atoms with Gasteiger partial charge in [0, 0.05) is 10.5 Å². The van der Waals surface area contributed by atoms with E-state index in [4.69, 9.17) is 0 Å². The van der Waals surface area contributed by atoms with Crippen LogP contribution in [-0.2, 0) is 4.79 Å². The first kappa shape index (κ1) is 18.4. The van der Waals surface area contributed by atoms with Crippen molar-refractivity contribution >= 4 is 11.6 Å². The Bertz CT molecular complexity index is 792. The summed E-state index contributed by atoms with van der Waals surface area (Å²) in [5.41, 5.74) is -3.21. The maximum atomic E-state index is 15.7. The molecule has 0 saturated carbocycles. The predicted molar refractivity (Wildman–Crippen MR) is 86.3 cm³/mol. The second-order valence-corrected chi connectivity index (χ2v) is 5.58. The number of carbonyl (C=O) groups is 2. The van der Waals surface area contributed by atoms with Crippen LogP contribution in [0.1, 0.15) is 28.8 Å². The van der Waals surface area contributed by atoms with Crippen LogP contribution in [0.4, 0.5) is 8.78 Å². The number of benzene rings is 2. The van der Waals surface area contributed by atoms with Crippen molar-refractivity contribution in [2.24, 2.45) is 0 Å². The Labute approximate surface area is 142 Å². The average Bonchev–Trinajstić information content (AvgIpc) is 2.59. The third-order valence-electron chi connectivity index (χ3n) is 3.96. The van der Waals surface area contributed by atoms with Crippen molar-refractivity contribution in [3.05, 3.63) is 81.7 Å². The van der Waals surface area contributed by atoms with E-state index in [1.165, 1.54) is 24.3 Å². The SMILES string of the molecule is CC(=O)[C@](F)(C(=O)c1ccccc1)[C@H](C[N+](=O)[O-])c1ccc(F)cc1. The van der Waals surface area contributed by atoms with E-state index in [9.17, 15) is 24.1 Å². The number of rotatable bonds is 7. The molecule has 2 atom stereocenters. The van der Waals surface area contributed by atoms with Crippen LogP contribution in [-0.4, -0.2) is 28.7 Å². The van der Waals surface area contributed by atoms with Crippen molar-refractivity contribution in [1.29, 1.82) is 0 Å². The van der Waals surface area contributed by atoms with Crippen molar-refractivity contribution < 1.29 is 23.3 Å². The lowest BCUT2D eigenvalue weighted by molar-refractivity contribution is -0.485. The molecule has 0 heterocycles. The number of alkyl halides is 1. The molecule has 7 heteroatoms. The molecule has 0 radical (unpaired) electrons. The molecule has 130 valence electrons. The van der Waals surface area contributed by atoms with Crippen LogP contribution in [0, 0.1) is 15.9 Å². The van der Waals surface area contributed by atoms with Crippen molar-refractivity contribution in [3.8, 4) is 0 Å². The number of hydrogen-bond acceptors (Lipinski definition) is 4. The fraction of sp³-hybridized carbons (Fsp3) is 0.222. The predicted octanol–water partition coefficient (Wildman–Crippen LogP) is 3.37. The zero-order valence-corrected chi connectivity index (χ0v) is 13.3. The van der Waals surface area contributed by atoms with Gasteiger partial charge in [-0.15, -0.1) is 0 Å². The monoisotopic (exact) mass is 347 g/mol. The van der Waals surface area contributed by atoms with Crippen LogP contribution in [0.2, 0.25) is 0 Å². The van der Waals surface area contributed by atoms with Gasteiger partial charge in [0.1, 0.15) is 5.82 Å². The maximum absolute atomic E-state index is 15.7. The maximum Gasteiger partial charge on any atom is 0.243 e. The van der Waals surface area contributed by atoms with Gasteiger partial charge in [-0.2, -0.15) is 0 Å². The van der Waals surface area contributed by atoms with Gasteiger partial charge in [-0.1, -0.05) is 42.5 Å². The Morgan fingerprint density at radius 1 is 1.12 bits per heavy atom. The Balaban J connectivity index is 2.59. The third-order valence-corrected chi connectivity index (χ3v) is 3.96. The molecule has 2 aromatic rings. The topological polar surface area (TPSA) is 77.3 Å². The first-order valence-corrected chi connectivity index (χ1v) is 7.44. The molecule has 0 aliphatic heterocycles. The first-order chi connectivity index (χ1) is 11.8. The summed E-state index contributed by atoms with van der Waals surface area (Å²) in [5, 5.41) is 11.0. The fourth-order valence-electron chi connectivity index (χ4n) is 2.67. The van der Waals surface area contributed by atoms with Crippen LogP contribution in [0.5, 0.6) is 0 Å². The van der Waals surface area contributed by atoms with E-state index in [0.717, 1.165) is 31.2 Å². The van der Waals surface area contributed by atoms with Crippen LogP contribution in [0.25, 0.3) is 0 Å². The lowest BCUT2D eigenvalue weighted by Gasteiger charge is -2.28. The molecule has 0 fully saturated rings. The lowest BCUT2D eigenvalue weighted by Crippen LogP contribution is -2.49. The molecule has 2 aromatic carbocycles. The summed E-state index contributed by atoms with van der Waals surface area (Å²) in [7, 11) is 0. The molecule has 0 bridgehead atoms. The molecule has 0 aliphatic carbocycles. The molecule has 0 saturated heterocycles. The summed E-state index contributed by atoms with van der Waals surface area (Å²) in [6.07, 6.45) is 0. The highest BCUT2D eigenvalue weighted by Crippen LogP contribution is 2.36. The fourth-order valence-corrected chi connectivity index (χ4v) is 2.67. The second kappa shape index (κ2) is 7.29. The standard InChI is InChI=1S/C18H15F2NO4/c1-12(22)18(20,17(23)14-5-3-2-4-6-14)16(11-21(24)25)13-7-9-15(19)10-8-13/h2-10,16H,11H2,1H3/t16-,18-/m1/s1. The number of ketones is 2. The molecule has 25 heavy (non-hydrogen) atoms. The minimum absolute atomic E-state index is 0.0000751. The average molecular weight is 347 g/mol. The zero-order chi connectivity index (χ0) is 18.6. The highest BCUT2D eigenvalue weighted by molar-refractivity contribution is 6.17. The van der Waals surface area contributed by atoms with Crippen LogP contribution in [0.15, 0.2) is 54.6 Å². The van der Waals surface area contributed by atoms with Crippen LogP contribution in [0.3, 0.4) is 0 Å². The molecule has 0 amide bonds. The number of hydrogen-bond donors (Lipinski definition) is 0. The summed E-state index contributed by atoms with van der Waals surface area (Å²) < 4.78 is 28.8. The van der Waals surface area contributed by atoms with E-state index in [1.54, 1.807) is 6.07 Å². The number of nitrogens with zero attached hydrogens (tertiary/aromatic N) is 1. The van der Waals surface area contributed by atoms with Gasteiger partial charge in [-0.25, -0.2) is 8.78 Å². The molecular weight excluding hydrogens is 332 g/mol. The minimum atomic E-state index is -3.13. The van der Waals surface area contributed by atoms with Gasteiger partial charge >= 0.3 is 0 Å². The summed E-state index contributed by atoms with van der Waals surface area (Å²) in [6.45, 7) is -0.113. The quantitative estimate of drug-likeness (QED) is 0.333. The number of carbonyl (C=O) groups excluding carboxylic acids is 2. The van der Waals surface area contributed by atoms with Gasteiger partial charge in [0.2, 0.25) is 18.0 Å². The highest BCUT2D eigenvalue weighted by atomic mass is 19.1. The summed E-state index contributed by atoms with van der Waals surface area (Å²) in [6, 6.07) is 11.5. The minimum Gasteiger partial charge on any atom is -0.296 e. The molecule has 2 rings (SSSR count). The van der Waals surface area contributed by atoms with Gasteiger partial charge in [0.25, 0.3) is 0 Å². The molecule has 0 N–H and O–H groups in total. The molecule has 5 nitrogen and oxygen atoms in total. The molecule has 0 spiro atoms. The van der Waals surface area contributed by atoms with E-state index in [-0.39, 0.29) is 11.1 Å². The highest BCUT2D eigenvalue weighted by Gasteiger charge is 2.53. The van der Waals surface area contributed by atoms with Crippen LogP contribution < -0.4 is 0 Å². The lowest BCUT2D eigenvalue weighted by atomic mass is 9.76. The second-order valence-electron chi connectivity index (χ2n) is 5.58. The largest absolute Gasteiger partial charge is 0.296 e. The molecular formula is C18H15F2NO4. The van der Waals surface area contributed by atoms with Gasteiger partial charge in [0.15, 0.2) is 5.78 Å². The van der Waals surface area contributed by atoms with Crippen molar-refractivity contribution in [3.63, 3.8) is 0 Å². The summed E-state index contributed by atoms with van der Waals surface area (Å²) in [5.74, 6) is -4.59. The van der Waals surface area contributed by atoms with Gasteiger partial charge in [-0.3, -0.25) is 19.7 Å². The van der Waals surface area contributed by atoms with E-state index in [0.29, 0.717) is 0 Å². The normalized spacial score (nSPS) is 14.4. The third kappa shape index (κ3) is 3.76. The molecule has 0 unspecified atom stereocenters. The summed E-state index contributed by atoms with van der Waals surface area (Å²) >= 11 is 0. The van der Waals surface area contributed by atoms with Crippen LogP contribution >= 0.6 is 0 Å². The number of nitro groups is 1. The molecule has 0 aromatic heterocycles. The number of Topliss-reactive ketones (excluding diaryl/α,β-unsaturated/α-hetero) is 2. The smallest absolute Gasteiger partial charge is 0.243 e.